The maximum Gasteiger partial charge on any atom is 0.268 e. The molecule has 0 heterocycles. The Morgan fingerprint density at radius 2 is 1.43 bits per heavy atom. The van der Waals surface area contributed by atoms with Gasteiger partial charge in [0.2, 0.25) is 11.6 Å². The van der Waals surface area contributed by atoms with Crippen molar-refractivity contribution in [2.45, 2.75) is 13.8 Å². The van der Waals surface area contributed by atoms with Gasteiger partial charge in [-0.25, -0.2) is 8.42 Å². The van der Waals surface area contributed by atoms with E-state index in [1.807, 2.05) is 0 Å². The molecule has 2 aromatic carbocycles. The molecule has 0 atom stereocenters. The summed E-state index contributed by atoms with van der Waals surface area (Å²) >= 11 is 5.84. The first kappa shape index (κ1) is 20.1. The third kappa shape index (κ3) is 3.55. The molecule has 8 heteroatoms. The minimum Gasteiger partial charge on any atom is -0.368 e. The highest BCUT2D eigenvalue weighted by Crippen LogP contribution is 2.32. The number of nitrogens with one attached hydrogen (secondary N) is 1. The number of hydrogen-bond acceptors (Lipinski definition) is 5. The van der Waals surface area contributed by atoms with E-state index in [-0.39, 0.29) is 22.5 Å². The van der Waals surface area contributed by atoms with Gasteiger partial charge in [-0.15, -0.1) is 0 Å². The number of anilines is 1. The first-order chi connectivity index (χ1) is 13.3. The summed E-state index contributed by atoms with van der Waals surface area (Å²) in [5.74, 6) is -1.17. The van der Waals surface area contributed by atoms with Crippen molar-refractivity contribution < 1.29 is 18.0 Å². The van der Waals surface area contributed by atoms with E-state index < -0.39 is 26.5 Å². The van der Waals surface area contributed by atoms with Gasteiger partial charge < -0.3 is 4.90 Å². The fourth-order valence-electron chi connectivity index (χ4n) is 3.14. The fraction of sp³-hybridized carbons (Fsp3) is 0.200. The van der Waals surface area contributed by atoms with Crippen molar-refractivity contribution >= 4 is 38.9 Å². The minimum atomic E-state index is -4.31. The highest BCUT2D eigenvalue weighted by molar-refractivity contribution is 7.97. The summed E-state index contributed by atoms with van der Waals surface area (Å²) in [6, 6.07) is 12.3. The Hall–Kier alpha value is -2.64. The maximum absolute atomic E-state index is 13.2. The van der Waals surface area contributed by atoms with E-state index >= 15 is 0 Å². The van der Waals surface area contributed by atoms with E-state index in [9.17, 15) is 18.0 Å². The number of likely N-dealkylation sites (N-methyl/N-ethyl adjacent to an activating group) is 1. The largest absolute Gasteiger partial charge is 0.368 e. The lowest BCUT2D eigenvalue weighted by Gasteiger charge is -2.29. The lowest BCUT2D eigenvalue weighted by Crippen LogP contribution is -2.37. The third-order valence-electron chi connectivity index (χ3n) is 4.50. The zero-order chi connectivity index (χ0) is 20.5. The van der Waals surface area contributed by atoms with Crippen molar-refractivity contribution in [2.24, 2.45) is 0 Å². The van der Waals surface area contributed by atoms with Crippen LogP contribution in [0.25, 0.3) is 0 Å². The Balaban J connectivity index is 2.19. The SMILES string of the molecule is CCN(CC)C1=C(S(=O)(=O)Nc2ccc(Cl)cc2)C(=O)c2ccccc2C1=O. The quantitative estimate of drug-likeness (QED) is 0.773. The number of ketones is 2. The summed E-state index contributed by atoms with van der Waals surface area (Å²) in [6.07, 6.45) is 0. The molecule has 0 fully saturated rings. The Labute approximate surface area is 168 Å². The van der Waals surface area contributed by atoms with Crippen LogP contribution in [0.5, 0.6) is 0 Å². The van der Waals surface area contributed by atoms with Crippen LogP contribution in [0.2, 0.25) is 5.02 Å². The summed E-state index contributed by atoms with van der Waals surface area (Å²) in [7, 11) is -4.31. The number of benzene rings is 2. The molecule has 0 bridgehead atoms. The van der Waals surface area contributed by atoms with Crippen molar-refractivity contribution in [1.29, 1.82) is 0 Å². The van der Waals surface area contributed by atoms with Gasteiger partial charge in [0.05, 0.1) is 0 Å². The second-order valence-corrected chi connectivity index (χ2v) is 8.22. The van der Waals surface area contributed by atoms with Gasteiger partial charge in [-0.1, -0.05) is 35.9 Å². The first-order valence-corrected chi connectivity index (χ1v) is 10.6. The van der Waals surface area contributed by atoms with Crippen molar-refractivity contribution in [3.63, 3.8) is 0 Å². The zero-order valence-corrected chi connectivity index (χ0v) is 17.0. The standard InChI is InChI=1S/C20H19ClN2O4S/c1-3-23(4-2)17-18(24)15-7-5-6-8-16(15)19(25)20(17)28(26,27)22-14-11-9-13(21)10-12-14/h5-12,22H,3-4H2,1-2H3. The van der Waals surface area contributed by atoms with Crippen LogP contribution in [-0.4, -0.2) is 38.0 Å². The Morgan fingerprint density at radius 3 is 1.96 bits per heavy atom. The second kappa shape index (κ2) is 7.77. The molecule has 0 saturated heterocycles. The lowest BCUT2D eigenvalue weighted by atomic mass is 9.92. The second-order valence-electron chi connectivity index (χ2n) is 6.17. The van der Waals surface area contributed by atoms with E-state index in [2.05, 4.69) is 4.72 Å². The zero-order valence-electron chi connectivity index (χ0n) is 15.4. The number of fused-ring (bicyclic) bond motifs is 1. The predicted molar refractivity (Wildman–Crippen MR) is 109 cm³/mol. The van der Waals surface area contributed by atoms with Gasteiger partial charge in [-0.3, -0.25) is 14.3 Å². The van der Waals surface area contributed by atoms with Gasteiger partial charge >= 0.3 is 0 Å². The molecule has 0 radical (unpaired) electrons. The van der Waals surface area contributed by atoms with Crippen molar-refractivity contribution in [1.82, 2.24) is 4.90 Å². The van der Waals surface area contributed by atoms with Crippen LogP contribution in [0.4, 0.5) is 5.69 Å². The topological polar surface area (TPSA) is 83.6 Å². The van der Waals surface area contributed by atoms with E-state index in [0.29, 0.717) is 18.1 Å². The molecule has 1 aliphatic rings. The Bertz CT molecular complexity index is 1070. The van der Waals surface area contributed by atoms with Gasteiger partial charge in [0, 0.05) is 34.9 Å². The third-order valence-corrected chi connectivity index (χ3v) is 6.17. The summed E-state index contributed by atoms with van der Waals surface area (Å²) in [5.41, 5.74) is 0.435. The molecule has 0 aliphatic heterocycles. The smallest absolute Gasteiger partial charge is 0.268 e. The highest BCUT2D eigenvalue weighted by atomic mass is 35.5. The molecule has 1 aliphatic carbocycles. The van der Waals surface area contributed by atoms with Gasteiger partial charge in [-0.2, -0.15) is 0 Å². The molecule has 0 aromatic heterocycles. The number of carbonyl (C=O) groups excluding carboxylic acids is 2. The number of hydrogen-bond donors (Lipinski definition) is 1. The van der Waals surface area contributed by atoms with Crippen LogP contribution in [0.3, 0.4) is 0 Å². The van der Waals surface area contributed by atoms with E-state index in [4.69, 9.17) is 11.6 Å². The molecule has 0 unspecified atom stereocenters. The minimum absolute atomic E-state index is 0.0832. The van der Waals surface area contributed by atoms with Crippen molar-refractivity contribution in [2.75, 3.05) is 17.8 Å². The lowest BCUT2D eigenvalue weighted by molar-refractivity contribution is 0.0949. The molecular weight excluding hydrogens is 400 g/mol. The van der Waals surface area contributed by atoms with Gasteiger partial charge in [-0.05, 0) is 38.1 Å². The van der Waals surface area contributed by atoms with Gasteiger partial charge in [0.25, 0.3) is 10.0 Å². The predicted octanol–water partition coefficient (Wildman–Crippen LogP) is 3.71. The van der Waals surface area contributed by atoms with Gasteiger partial charge in [0.1, 0.15) is 5.70 Å². The average molecular weight is 419 g/mol. The van der Waals surface area contributed by atoms with Crippen molar-refractivity contribution in [3.05, 3.63) is 75.3 Å². The monoisotopic (exact) mass is 418 g/mol. The molecule has 1 N–H and O–H groups in total. The van der Waals surface area contributed by atoms with Crippen LogP contribution in [0.15, 0.2) is 59.1 Å². The molecule has 146 valence electrons. The van der Waals surface area contributed by atoms with Crippen LogP contribution in [0.1, 0.15) is 34.6 Å². The molecular formula is C20H19ClN2O4S. The number of rotatable bonds is 6. The molecule has 2 aromatic rings. The maximum atomic E-state index is 13.2. The Morgan fingerprint density at radius 1 is 0.893 bits per heavy atom. The summed E-state index contributed by atoms with van der Waals surface area (Å²) in [6.45, 7) is 4.36. The molecule has 0 amide bonds. The number of nitrogens with zero attached hydrogens (tertiary/aromatic N) is 1. The number of carbonyl (C=O) groups is 2. The number of allylic oxidation sites excluding steroid dienone is 2. The molecule has 6 nitrogen and oxygen atoms in total. The molecule has 0 saturated carbocycles. The Kier molecular flexibility index (Phi) is 5.58. The number of Topliss-reactive ketones (excluding diaryl/α,β-unsaturated/α-hetero) is 2. The van der Waals surface area contributed by atoms with Crippen molar-refractivity contribution in [3.8, 4) is 0 Å². The number of sulfonamides is 1. The van der Waals surface area contributed by atoms with Crippen LogP contribution in [-0.2, 0) is 10.0 Å². The normalized spacial score (nSPS) is 14.1. The first-order valence-electron chi connectivity index (χ1n) is 8.76. The van der Waals surface area contributed by atoms with Crippen LogP contribution < -0.4 is 4.72 Å². The summed E-state index contributed by atoms with van der Waals surface area (Å²) in [4.78, 5) is 27.3. The van der Waals surface area contributed by atoms with E-state index in [1.54, 1.807) is 30.9 Å². The molecule has 28 heavy (non-hydrogen) atoms. The van der Waals surface area contributed by atoms with Crippen LogP contribution in [0, 0.1) is 0 Å². The van der Waals surface area contributed by atoms with E-state index in [0.717, 1.165) is 0 Å². The number of halogens is 1. The van der Waals surface area contributed by atoms with Crippen LogP contribution >= 0.6 is 11.6 Å². The van der Waals surface area contributed by atoms with E-state index in [1.165, 1.54) is 36.4 Å². The summed E-state index contributed by atoms with van der Waals surface area (Å²) < 4.78 is 28.7. The average Bonchev–Trinajstić information content (AvgIpc) is 2.68. The molecule has 3 rings (SSSR count). The summed E-state index contributed by atoms with van der Waals surface area (Å²) in [5, 5.41) is 0.448. The highest BCUT2D eigenvalue weighted by Gasteiger charge is 2.40. The molecule has 0 spiro atoms. The van der Waals surface area contributed by atoms with Gasteiger partial charge in [0.15, 0.2) is 4.91 Å². The fourth-order valence-corrected chi connectivity index (χ4v) is 4.64.